The van der Waals surface area contributed by atoms with Crippen molar-refractivity contribution in [2.75, 3.05) is 11.9 Å². The second-order valence-electron chi connectivity index (χ2n) is 4.71. The zero-order valence-electron chi connectivity index (χ0n) is 10.4. The standard InChI is InChI=1S/C15H14N2O2/c18-17(19)14-5-1-3-11(10-14)12-6-7-15-13(9-12)4-2-8-16-15/h1,3,5-7,9-10,16H,2,4,8H2. The quantitative estimate of drug-likeness (QED) is 0.657. The summed E-state index contributed by atoms with van der Waals surface area (Å²) in [7, 11) is 0. The van der Waals surface area contributed by atoms with Gasteiger partial charge in [-0.3, -0.25) is 10.1 Å². The molecular formula is C15H14N2O2. The third-order valence-corrected chi connectivity index (χ3v) is 3.43. The van der Waals surface area contributed by atoms with E-state index >= 15 is 0 Å². The number of anilines is 1. The lowest BCUT2D eigenvalue weighted by Gasteiger charge is -2.18. The summed E-state index contributed by atoms with van der Waals surface area (Å²) in [5.74, 6) is 0. The Labute approximate surface area is 111 Å². The Balaban J connectivity index is 2.02. The van der Waals surface area contributed by atoms with Gasteiger partial charge in [0.1, 0.15) is 0 Å². The van der Waals surface area contributed by atoms with Crippen LogP contribution >= 0.6 is 0 Å². The molecule has 0 radical (unpaired) electrons. The number of fused-ring (bicyclic) bond motifs is 1. The molecule has 0 saturated carbocycles. The summed E-state index contributed by atoms with van der Waals surface area (Å²) in [6.45, 7) is 1.02. The minimum absolute atomic E-state index is 0.133. The first-order chi connectivity index (χ1) is 9.24. The van der Waals surface area contributed by atoms with Gasteiger partial charge < -0.3 is 5.32 Å². The molecule has 2 aromatic rings. The highest BCUT2D eigenvalue weighted by molar-refractivity contribution is 5.70. The van der Waals surface area contributed by atoms with Gasteiger partial charge in [-0.2, -0.15) is 0 Å². The summed E-state index contributed by atoms with van der Waals surface area (Å²) in [6.07, 6.45) is 2.19. The molecule has 96 valence electrons. The molecule has 0 spiro atoms. The van der Waals surface area contributed by atoms with E-state index in [-0.39, 0.29) is 10.6 Å². The van der Waals surface area contributed by atoms with E-state index in [1.165, 1.54) is 17.3 Å². The molecule has 2 aromatic carbocycles. The third-order valence-electron chi connectivity index (χ3n) is 3.43. The first-order valence-corrected chi connectivity index (χ1v) is 6.36. The van der Waals surface area contributed by atoms with Gasteiger partial charge in [0, 0.05) is 24.4 Å². The van der Waals surface area contributed by atoms with Crippen LogP contribution in [0.15, 0.2) is 42.5 Å². The zero-order chi connectivity index (χ0) is 13.2. The Morgan fingerprint density at radius 1 is 1.11 bits per heavy atom. The number of hydrogen-bond donors (Lipinski definition) is 1. The molecule has 1 aliphatic heterocycles. The smallest absolute Gasteiger partial charge is 0.270 e. The van der Waals surface area contributed by atoms with E-state index in [0.29, 0.717) is 0 Å². The third kappa shape index (κ3) is 2.29. The maximum absolute atomic E-state index is 10.8. The summed E-state index contributed by atoms with van der Waals surface area (Å²) in [4.78, 5) is 10.5. The SMILES string of the molecule is O=[N+]([O-])c1cccc(-c2ccc3c(c2)CCCN3)c1. The lowest BCUT2D eigenvalue weighted by molar-refractivity contribution is -0.384. The molecule has 1 heterocycles. The molecule has 4 heteroatoms. The van der Waals surface area contributed by atoms with Crippen LogP contribution in [0.1, 0.15) is 12.0 Å². The first kappa shape index (κ1) is 11.7. The minimum Gasteiger partial charge on any atom is -0.385 e. The van der Waals surface area contributed by atoms with Crippen molar-refractivity contribution in [1.82, 2.24) is 0 Å². The number of non-ortho nitro benzene ring substituents is 1. The number of nitrogens with one attached hydrogen (secondary N) is 1. The molecular weight excluding hydrogens is 240 g/mol. The molecule has 0 saturated heterocycles. The predicted molar refractivity (Wildman–Crippen MR) is 75.3 cm³/mol. The van der Waals surface area contributed by atoms with Crippen LogP contribution in [0.3, 0.4) is 0 Å². The maximum Gasteiger partial charge on any atom is 0.270 e. The van der Waals surface area contributed by atoms with Crippen LogP contribution in [0.4, 0.5) is 11.4 Å². The van der Waals surface area contributed by atoms with E-state index in [2.05, 4.69) is 17.4 Å². The van der Waals surface area contributed by atoms with Crippen molar-refractivity contribution in [3.8, 4) is 11.1 Å². The van der Waals surface area contributed by atoms with Gasteiger partial charge in [-0.25, -0.2) is 0 Å². The normalized spacial score (nSPS) is 13.5. The number of aryl methyl sites for hydroxylation is 1. The molecule has 0 unspecified atom stereocenters. The van der Waals surface area contributed by atoms with Crippen LogP contribution in [0.2, 0.25) is 0 Å². The van der Waals surface area contributed by atoms with Crippen LogP contribution in [0, 0.1) is 10.1 Å². The van der Waals surface area contributed by atoms with Crippen molar-refractivity contribution in [2.24, 2.45) is 0 Å². The van der Waals surface area contributed by atoms with Gasteiger partial charge in [0.2, 0.25) is 0 Å². The lowest BCUT2D eigenvalue weighted by atomic mass is 9.97. The van der Waals surface area contributed by atoms with Gasteiger partial charge in [0.15, 0.2) is 0 Å². The van der Waals surface area contributed by atoms with E-state index in [0.717, 1.165) is 30.5 Å². The Morgan fingerprint density at radius 3 is 2.79 bits per heavy atom. The van der Waals surface area contributed by atoms with Crippen molar-refractivity contribution in [3.05, 3.63) is 58.1 Å². The van der Waals surface area contributed by atoms with Gasteiger partial charge in [-0.1, -0.05) is 18.2 Å². The summed E-state index contributed by atoms with van der Waals surface area (Å²) in [5, 5.41) is 14.2. The second kappa shape index (κ2) is 4.72. The van der Waals surface area contributed by atoms with Gasteiger partial charge in [0.05, 0.1) is 4.92 Å². The molecule has 1 N–H and O–H groups in total. The second-order valence-corrected chi connectivity index (χ2v) is 4.71. The lowest BCUT2D eigenvalue weighted by Crippen LogP contribution is -2.11. The van der Waals surface area contributed by atoms with E-state index in [9.17, 15) is 10.1 Å². The van der Waals surface area contributed by atoms with E-state index in [1.807, 2.05) is 12.1 Å². The average Bonchev–Trinajstić information content (AvgIpc) is 2.47. The van der Waals surface area contributed by atoms with Crippen molar-refractivity contribution < 1.29 is 4.92 Å². The fourth-order valence-electron chi connectivity index (χ4n) is 2.45. The van der Waals surface area contributed by atoms with Crippen LogP contribution < -0.4 is 5.32 Å². The van der Waals surface area contributed by atoms with Crippen LogP contribution in [0.25, 0.3) is 11.1 Å². The molecule has 4 nitrogen and oxygen atoms in total. The molecule has 0 amide bonds. The number of nitro benzene ring substituents is 1. The Morgan fingerprint density at radius 2 is 1.95 bits per heavy atom. The van der Waals surface area contributed by atoms with Crippen molar-refractivity contribution in [3.63, 3.8) is 0 Å². The topological polar surface area (TPSA) is 55.2 Å². The molecule has 0 atom stereocenters. The predicted octanol–water partition coefficient (Wildman–Crippen LogP) is 3.62. The van der Waals surface area contributed by atoms with Crippen molar-refractivity contribution in [1.29, 1.82) is 0 Å². The molecule has 1 aliphatic rings. The molecule has 0 aromatic heterocycles. The van der Waals surface area contributed by atoms with E-state index < -0.39 is 0 Å². The summed E-state index contributed by atoms with van der Waals surface area (Å²) < 4.78 is 0. The number of hydrogen-bond acceptors (Lipinski definition) is 3. The highest BCUT2D eigenvalue weighted by Crippen LogP contribution is 2.29. The number of nitrogens with zero attached hydrogens (tertiary/aromatic N) is 1. The summed E-state index contributed by atoms with van der Waals surface area (Å²) >= 11 is 0. The Kier molecular flexibility index (Phi) is 2.91. The van der Waals surface area contributed by atoms with Crippen molar-refractivity contribution >= 4 is 11.4 Å². The van der Waals surface area contributed by atoms with Gasteiger partial charge in [-0.15, -0.1) is 0 Å². The summed E-state index contributed by atoms with van der Waals surface area (Å²) in [6, 6.07) is 13.0. The van der Waals surface area contributed by atoms with Crippen LogP contribution in [-0.4, -0.2) is 11.5 Å². The Hall–Kier alpha value is -2.36. The summed E-state index contributed by atoms with van der Waals surface area (Å²) in [5.41, 5.74) is 4.53. The number of rotatable bonds is 2. The molecule has 0 aliphatic carbocycles. The van der Waals surface area contributed by atoms with E-state index in [4.69, 9.17) is 0 Å². The molecule has 0 fully saturated rings. The molecule has 3 rings (SSSR count). The fraction of sp³-hybridized carbons (Fsp3) is 0.200. The highest BCUT2D eigenvalue weighted by Gasteiger charge is 2.11. The monoisotopic (exact) mass is 254 g/mol. The van der Waals surface area contributed by atoms with E-state index in [1.54, 1.807) is 12.1 Å². The van der Waals surface area contributed by atoms with Crippen LogP contribution in [-0.2, 0) is 6.42 Å². The molecule has 0 bridgehead atoms. The minimum atomic E-state index is -0.358. The number of nitro groups is 1. The van der Waals surface area contributed by atoms with Gasteiger partial charge in [-0.05, 0) is 41.7 Å². The highest BCUT2D eigenvalue weighted by atomic mass is 16.6. The molecule has 19 heavy (non-hydrogen) atoms. The van der Waals surface area contributed by atoms with Crippen molar-refractivity contribution in [2.45, 2.75) is 12.8 Å². The van der Waals surface area contributed by atoms with Gasteiger partial charge >= 0.3 is 0 Å². The number of benzene rings is 2. The largest absolute Gasteiger partial charge is 0.385 e. The average molecular weight is 254 g/mol. The fourth-order valence-corrected chi connectivity index (χ4v) is 2.45. The Bertz CT molecular complexity index is 638. The van der Waals surface area contributed by atoms with Crippen LogP contribution in [0.5, 0.6) is 0 Å². The maximum atomic E-state index is 10.8. The van der Waals surface area contributed by atoms with Gasteiger partial charge in [0.25, 0.3) is 5.69 Å². The zero-order valence-corrected chi connectivity index (χ0v) is 10.4. The first-order valence-electron chi connectivity index (χ1n) is 6.36.